The molecule has 0 spiro atoms. The van der Waals surface area contributed by atoms with Crippen LogP contribution in [0.1, 0.15) is 67.6 Å². The van der Waals surface area contributed by atoms with Gasteiger partial charge in [0.1, 0.15) is 17.0 Å². The minimum Gasteiger partial charge on any atom is -0.296 e. The van der Waals surface area contributed by atoms with Gasteiger partial charge >= 0.3 is 0 Å². The molecule has 4 nitrogen and oxygen atoms in total. The molecule has 4 aromatic carbocycles. The largest absolute Gasteiger partial charge is 0.297 e. The molecule has 1 aliphatic rings. The minimum absolute atomic E-state index is 0.391. The van der Waals surface area contributed by atoms with E-state index < -0.39 is 0 Å². The number of rotatable bonds is 4. The summed E-state index contributed by atoms with van der Waals surface area (Å²) in [5.41, 5.74) is 13.8. The lowest BCUT2D eigenvalue weighted by Crippen LogP contribution is -2.30. The van der Waals surface area contributed by atoms with Gasteiger partial charge in [0.25, 0.3) is 5.82 Å². The van der Waals surface area contributed by atoms with Crippen molar-refractivity contribution in [3.05, 3.63) is 107 Å². The number of fused-ring (bicyclic) bond motifs is 6. The Morgan fingerprint density at radius 3 is 2.18 bits per heavy atom. The average Bonchev–Trinajstić information content (AvgIpc) is 3.56. The third kappa shape index (κ3) is 3.37. The molecular weight excluding hydrogens is 476 g/mol. The van der Waals surface area contributed by atoms with Crippen molar-refractivity contribution in [3.8, 4) is 22.8 Å². The van der Waals surface area contributed by atoms with E-state index in [0.717, 1.165) is 17.8 Å². The van der Waals surface area contributed by atoms with Crippen LogP contribution in [0, 0.1) is 6.92 Å². The highest BCUT2D eigenvalue weighted by Crippen LogP contribution is 2.41. The van der Waals surface area contributed by atoms with Gasteiger partial charge in [-0.25, -0.2) is 9.55 Å². The first-order chi connectivity index (χ1) is 18.9. The first-order valence-corrected chi connectivity index (χ1v) is 14.1. The van der Waals surface area contributed by atoms with Crippen LogP contribution in [0.15, 0.2) is 78.9 Å². The van der Waals surface area contributed by atoms with E-state index >= 15 is 0 Å². The van der Waals surface area contributed by atoms with Crippen molar-refractivity contribution in [3.63, 3.8) is 0 Å². The van der Waals surface area contributed by atoms with Crippen LogP contribution in [0.25, 0.3) is 44.8 Å². The van der Waals surface area contributed by atoms with Gasteiger partial charge in [-0.05, 0) is 54.2 Å². The maximum absolute atomic E-state index is 5.34. The molecule has 0 aliphatic carbocycles. The van der Waals surface area contributed by atoms with E-state index in [9.17, 15) is 0 Å². The summed E-state index contributed by atoms with van der Waals surface area (Å²) < 4.78 is 7.26. The van der Waals surface area contributed by atoms with Crippen molar-refractivity contribution in [1.82, 2.24) is 14.1 Å². The van der Waals surface area contributed by atoms with Crippen molar-refractivity contribution in [2.24, 2.45) is 7.05 Å². The molecule has 3 heterocycles. The van der Waals surface area contributed by atoms with Gasteiger partial charge in [0.2, 0.25) is 0 Å². The number of imidazole rings is 2. The molecule has 6 aromatic rings. The van der Waals surface area contributed by atoms with E-state index in [2.05, 4.69) is 134 Å². The molecule has 0 amide bonds. The third-order valence-corrected chi connectivity index (χ3v) is 8.49. The van der Waals surface area contributed by atoms with E-state index in [0.29, 0.717) is 11.8 Å². The first-order valence-electron chi connectivity index (χ1n) is 14.1. The highest BCUT2D eigenvalue weighted by Gasteiger charge is 2.34. The predicted molar refractivity (Wildman–Crippen MR) is 160 cm³/mol. The Morgan fingerprint density at radius 1 is 0.744 bits per heavy atom. The highest BCUT2D eigenvalue weighted by molar-refractivity contribution is 5.95. The molecular formula is C35H35N4+. The standard InChI is InChI=1S/C35H35N4/c1-21(2)25-13-11-14-26(22(3)4)34(25)39-29-17-10-9-16-28(29)37(6)35(39)32-23(5)18-19-30-33(32)36-31-20-24-12-7-8-15-27(24)38(30)31/h7-19,21-22H,20H2,1-6H3/q+1. The van der Waals surface area contributed by atoms with Gasteiger partial charge in [-0.15, -0.1) is 0 Å². The van der Waals surface area contributed by atoms with Gasteiger partial charge in [0, 0.05) is 17.5 Å². The van der Waals surface area contributed by atoms with E-state index in [4.69, 9.17) is 4.98 Å². The van der Waals surface area contributed by atoms with E-state index in [1.54, 1.807) is 0 Å². The van der Waals surface area contributed by atoms with Crippen molar-refractivity contribution >= 4 is 22.1 Å². The number of aromatic nitrogens is 4. The van der Waals surface area contributed by atoms with Gasteiger partial charge in [0.15, 0.2) is 11.0 Å². The fraction of sp³-hybridized carbons (Fsp3) is 0.257. The van der Waals surface area contributed by atoms with Crippen LogP contribution in [0.4, 0.5) is 0 Å². The molecule has 0 atom stereocenters. The maximum Gasteiger partial charge on any atom is 0.297 e. The van der Waals surface area contributed by atoms with Crippen molar-refractivity contribution in [2.45, 2.75) is 52.9 Å². The summed E-state index contributed by atoms with van der Waals surface area (Å²) >= 11 is 0. The fourth-order valence-electron chi connectivity index (χ4n) is 6.60. The SMILES string of the molecule is Cc1ccc2c(nc3n2-c2ccccc2C3)c1-c1n(-c2c(C(C)C)cccc2C(C)C)c2ccccc2[n+]1C. The number of nitrogens with zero attached hydrogens (tertiary/aromatic N) is 4. The predicted octanol–water partition coefficient (Wildman–Crippen LogP) is 7.92. The fourth-order valence-corrected chi connectivity index (χ4v) is 6.60. The maximum atomic E-state index is 5.34. The molecule has 0 unspecified atom stereocenters. The summed E-state index contributed by atoms with van der Waals surface area (Å²) in [7, 11) is 2.21. The Morgan fingerprint density at radius 2 is 1.44 bits per heavy atom. The van der Waals surface area contributed by atoms with Gasteiger partial charge < -0.3 is 0 Å². The molecule has 194 valence electrons. The Kier molecular flexibility index (Phi) is 5.31. The van der Waals surface area contributed by atoms with Crippen LogP contribution in [0.5, 0.6) is 0 Å². The van der Waals surface area contributed by atoms with Crippen LogP contribution >= 0.6 is 0 Å². The number of hydrogen-bond acceptors (Lipinski definition) is 1. The smallest absolute Gasteiger partial charge is 0.296 e. The van der Waals surface area contributed by atoms with Crippen LogP contribution < -0.4 is 4.57 Å². The van der Waals surface area contributed by atoms with Gasteiger partial charge in [-0.1, -0.05) is 82.3 Å². The van der Waals surface area contributed by atoms with Gasteiger partial charge in [-0.3, -0.25) is 4.57 Å². The lowest BCUT2D eigenvalue weighted by Gasteiger charge is -2.18. The molecule has 0 bridgehead atoms. The molecule has 4 heteroatoms. The molecule has 0 N–H and O–H groups in total. The Hall–Kier alpha value is -4.18. The second kappa shape index (κ2) is 8.67. The van der Waals surface area contributed by atoms with Crippen LogP contribution in [0.3, 0.4) is 0 Å². The van der Waals surface area contributed by atoms with Crippen molar-refractivity contribution in [1.29, 1.82) is 0 Å². The number of para-hydroxylation sites is 4. The summed E-state index contributed by atoms with van der Waals surface area (Å²) in [5.74, 6) is 3.08. The lowest BCUT2D eigenvalue weighted by atomic mass is 9.92. The van der Waals surface area contributed by atoms with E-state index in [1.807, 2.05) is 0 Å². The zero-order valence-corrected chi connectivity index (χ0v) is 23.7. The summed E-state index contributed by atoms with van der Waals surface area (Å²) in [4.78, 5) is 5.34. The zero-order chi connectivity index (χ0) is 27.0. The normalized spacial score (nSPS) is 12.7. The first kappa shape index (κ1) is 23.9. The molecule has 0 fully saturated rings. The number of hydrogen-bond donors (Lipinski definition) is 0. The Bertz CT molecular complexity index is 1890. The summed E-state index contributed by atoms with van der Waals surface area (Å²) in [5, 5.41) is 0. The molecule has 7 rings (SSSR count). The second-order valence-electron chi connectivity index (χ2n) is 11.6. The molecule has 0 saturated carbocycles. The van der Waals surface area contributed by atoms with Crippen LogP contribution in [-0.2, 0) is 13.5 Å². The summed E-state index contributed by atoms with van der Waals surface area (Å²) in [6.07, 6.45) is 0.867. The third-order valence-electron chi connectivity index (χ3n) is 8.49. The second-order valence-corrected chi connectivity index (χ2v) is 11.6. The Labute approximate surface area is 230 Å². The number of benzene rings is 4. The lowest BCUT2D eigenvalue weighted by molar-refractivity contribution is -0.633. The minimum atomic E-state index is 0.391. The molecule has 1 aliphatic heterocycles. The monoisotopic (exact) mass is 511 g/mol. The van der Waals surface area contributed by atoms with E-state index in [1.165, 1.54) is 61.6 Å². The van der Waals surface area contributed by atoms with E-state index in [-0.39, 0.29) is 0 Å². The molecule has 2 aromatic heterocycles. The topological polar surface area (TPSA) is 26.6 Å². The van der Waals surface area contributed by atoms with Gasteiger partial charge in [0.05, 0.1) is 23.8 Å². The van der Waals surface area contributed by atoms with Crippen LogP contribution in [0.2, 0.25) is 0 Å². The molecule has 39 heavy (non-hydrogen) atoms. The molecule has 0 radical (unpaired) electrons. The quantitative estimate of drug-likeness (QED) is 0.221. The number of aryl methyl sites for hydroxylation is 2. The molecule has 0 saturated heterocycles. The van der Waals surface area contributed by atoms with Crippen molar-refractivity contribution in [2.75, 3.05) is 0 Å². The Balaban J connectivity index is 1.63. The zero-order valence-electron chi connectivity index (χ0n) is 23.7. The highest BCUT2D eigenvalue weighted by atomic mass is 15.2. The van der Waals surface area contributed by atoms with Crippen LogP contribution in [-0.4, -0.2) is 14.1 Å². The average molecular weight is 512 g/mol. The summed E-state index contributed by atoms with van der Waals surface area (Å²) in [6.45, 7) is 11.4. The summed E-state index contributed by atoms with van der Waals surface area (Å²) in [6, 6.07) is 28.9. The van der Waals surface area contributed by atoms with Crippen molar-refractivity contribution < 1.29 is 4.57 Å². The van der Waals surface area contributed by atoms with Gasteiger partial charge in [-0.2, -0.15) is 4.57 Å².